The molecule has 8 nitrogen and oxygen atoms in total. The number of aromatic carboxylic acids is 1. The van der Waals surface area contributed by atoms with E-state index in [4.69, 9.17) is 5.11 Å². The van der Waals surface area contributed by atoms with Crippen LogP contribution in [0.5, 0.6) is 0 Å². The number of thioether (sulfide) groups is 1. The molecular weight excluding hydrogens is 358 g/mol. The van der Waals surface area contributed by atoms with Crippen LogP contribution < -0.4 is 5.43 Å². The summed E-state index contributed by atoms with van der Waals surface area (Å²) in [7, 11) is 0. The number of carboxylic acid groups (broad SMARTS) is 1. The molecule has 0 fully saturated rings. The van der Waals surface area contributed by atoms with Crippen LogP contribution >= 0.6 is 11.8 Å². The number of hydrogen-bond donors (Lipinski definition) is 2. The summed E-state index contributed by atoms with van der Waals surface area (Å²) >= 11 is 1.33. The van der Waals surface area contributed by atoms with E-state index in [2.05, 4.69) is 10.5 Å². The third kappa shape index (κ3) is 5.71. The fourth-order valence-corrected chi connectivity index (χ4v) is 2.77. The summed E-state index contributed by atoms with van der Waals surface area (Å²) in [4.78, 5) is 32.9. The molecule has 1 amide bonds. The number of carboxylic acids is 1. The van der Waals surface area contributed by atoms with Crippen LogP contribution in [0.1, 0.15) is 21.5 Å². The highest BCUT2D eigenvalue weighted by Gasteiger charge is 2.07. The van der Waals surface area contributed by atoms with E-state index in [-0.39, 0.29) is 22.9 Å². The zero-order valence-electron chi connectivity index (χ0n) is 13.5. The van der Waals surface area contributed by atoms with E-state index >= 15 is 0 Å². The number of non-ortho nitro benzene ring substituents is 1. The van der Waals surface area contributed by atoms with Gasteiger partial charge in [0, 0.05) is 23.4 Å². The first-order valence-electron chi connectivity index (χ1n) is 7.42. The molecule has 0 heterocycles. The van der Waals surface area contributed by atoms with Crippen molar-refractivity contribution >= 4 is 35.5 Å². The minimum absolute atomic E-state index is 0.0208. The summed E-state index contributed by atoms with van der Waals surface area (Å²) in [6, 6.07) is 12.4. The fraction of sp³-hybridized carbons (Fsp3) is 0.118. The number of nitrogens with one attached hydrogen (secondary N) is 1. The number of carbonyl (C=O) groups excluding carboxylic acids is 1. The van der Waals surface area contributed by atoms with Crippen molar-refractivity contribution in [2.24, 2.45) is 5.10 Å². The van der Waals surface area contributed by atoms with Gasteiger partial charge in [0.05, 0.1) is 22.5 Å². The van der Waals surface area contributed by atoms with Crippen molar-refractivity contribution in [1.82, 2.24) is 5.43 Å². The highest BCUT2D eigenvalue weighted by Crippen LogP contribution is 2.16. The highest BCUT2D eigenvalue weighted by atomic mass is 32.2. The van der Waals surface area contributed by atoms with Gasteiger partial charge in [0.15, 0.2) is 0 Å². The quantitative estimate of drug-likeness (QED) is 0.417. The predicted octanol–water partition coefficient (Wildman–Crippen LogP) is 2.68. The minimum atomic E-state index is -1.07. The van der Waals surface area contributed by atoms with Gasteiger partial charge in [-0.25, -0.2) is 10.2 Å². The number of nitrogens with zero attached hydrogens (tertiary/aromatic N) is 2. The van der Waals surface area contributed by atoms with Crippen molar-refractivity contribution < 1.29 is 19.6 Å². The van der Waals surface area contributed by atoms with Gasteiger partial charge in [0.25, 0.3) is 5.69 Å². The van der Waals surface area contributed by atoms with Gasteiger partial charge in [-0.05, 0) is 11.6 Å². The van der Waals surface area contributed by atoms with Crippen molar-refractivity contribution in [3.63, 3.8) is 0 Å². The third-order valence-corrected chi connectivity index (χ3v) is 4.24. The standard InChI is InChI=1S/C17H15N3O5S/c21-16(11-26-10-12-5-7-14(8-6-12)20(24)25)19-18-9-13-3-1-2-4-15(13)17(22)23/h1-9H,10-11H2,(H,19,21)(H,22,23)/b18-9-. The Kier molecular flexibility index (Phi) is 6.86. The lowest BCUT2D eigenvalue weighted by Crippen LogP contribution is -2.20. The molecule has 0 atom stereocenters. The molecule has 0 spiro atoms. The van der Waals surface area contributed by atoms with E-state index in [0.29, 0.717) is 11.3 Å². The molecule has 2 aromatic rings. The summed E-state index contributed by atoms with van der Waals surface area (Å²) in [5.41, 5.74) is 3.71. The second-order valence-electron chi connectivity index (χ2n) is 5.10. The number of carbonyl (C=O) groups is 2. The van der Waals surface area contributed by atoms with Crippen LogP contribution in [0.4, 0.5) is 5.69 Å². The normalized spacial score (nSPS) is 10.6. The second-order valence-corrected chi connectivity index (χ2v) is 6.09. The highest BCUT2D eigenvalue weighted by molar-refractivity contribution is 7.99. The lowest BCUT2D eigenvalue weighted by molar-refractivity contribution is -0.384. The second kappa shape index (κ2) is 9.33. The minimum Gasteiger partial charge on any atom is -0.478 e. The summed E-state index contributed by atoms with van der Waals surface area (Å²) in [6.45, 7) is 0. The average molecular weight is 373 g/mol. The van der Waals surface area contributed by atoms with E-state index in [9.17, 15) is 19.7 Å². The van der Waals surface area contributed by atoms with E-state index in [0.717, 1.165) is 5.56 Å². The summed E-state index contributed by atoms with van der Waals surface area (Å²) in [5, 5.41) is 23.4. The smallest absolute Gasteiger partial charge is 0.336 e. The molecule has 0 aliphatic heterocycles. The molecular formula is C17H15N3O5S. The van der Waals surface area contributed by atoms with Crippen molar-refractivity contribution in [3.8, 4) is 0 Å². The van der Waals surface area contributed by atoms with Crippen LogP contribution in [0, 0.1) is 10.1 Å². The maximum atomic E-state index is 11.7. The average Bonchev–Trinajstić information content (AvgIpc) is 2.62. The van der Waals surface area contributed by atoms with Crippen LogP contribution in [0.25, 0.3) is 0 Å². The zero-order valence-corrected chi connectivity index (χ0v) is 14.3. The van der Waals surface area contributed by atoms with Crippen molar-refractivity contribution in [1.29, 1.82) is 0 Å². The lowest BCUT2D eigenvalue weighted by Gasteiger charge is -2.02. The number of benzene rings is 2. The van der Waals surface area contributed by atoms with Gasteiger partial charge in [-0.2, -0.15) is 5.10 Å². The molecule has 0 aromatic heterocycles. The SMILES string of the molecule is O=C(CSCc1ccc([N+](=O)[O-])cc1)N/N=C\c1ccccc1C(=O)O. The summed E-state index contributed by atoms with van der Waals surface area (Å²) < 4.78 is 0. The van der Waals surface area contributed by atoms with Crippen LogP contribution in [-0.4, -0.2) is 33.9 Å². The maximum absolute atomic E-state index is 11.7. The molecule has 0 saturated heterocycles. The van der Waals surface area contributed by atoms with Gasteiger partial charge in [-0.3, -0.25) is 14.9 Å². The molecule has 0 aliphatic carbocycles. The maximum Gasteiger partial charge on any atom is 0.336 e. The van der Waals surface area contributed by atoms with Gasteiger partial charge in [-0.15, -0.1) is 11.8 Å². The van der Waals surface area contributed by atoms with Gasteiger partial charge < -0.3 is 5.11 Å². The Bertz CT molecular complexity index is 837. The van der Waals surface area contributed by atoms with Crippen molar-refractivity contribution in [2.75, 3.05) is 5.75 Å². The molecule has 2 rings (SSSR count). The van der Waals surface area contributed by atoms with Gasteiger partial charge >= 0.3 is 5.97 Å². The summed E-state index contributed by atoms with van der Waals surface area (Å²) in [6.07, 6.45) is 1.28. The molecule has 134 valence electrons. The van der Waals surface area contributed by atoms with E-state index in [1.165, 1.54) is 36.2 Å². The monoisotopic (exact) mass is 373 g/mol. The molecule has 0 unspecified atom stereocenters. The topological polar surface area (TPSA) is 122 Å². The number of nitro groups is 1. The lowest BCUT2D eigenvalue weighted by atomic mass is 10.1. The first-order valence-corrected chi connectivity index (χ1v) is 8.58. The van der Waals surface area contributed by atoms with Crippen LogP contribution in [0.15, 0.2) is 53.6 Å². The third-order valence-electron chi connectivity index (χ3n) is 3.23. The van der Waals surface area contributed by atoms with Gasteiger partial charge in [0.2, 0.25) is 5.91 Å². The Morgan fingerprint density at radius 1 is 1.19 bits per heavy atom. The molecule has 9 heteroatoms. The Balaban J connectivity index is 1.79. The van der Waals surface area contributed by atoms with E-state index in [1.54, 1.807) is 30.3 Å². The van der Waals surface area contributed by atoms with Crippen molar-refractivity contribution in [2.45, 2.75) is 5.75 Å². The molecule has 0 saturated carbocycles. The number of rotatable bonds is 8. The van der Waals surface area contributed by atoms with E-state index in [1.807, 2.05) is 0 Å². The Labute approximate surface area is 153 Å². The largest absolute Gasteiger partial charge is 0.478 e. The predicted molar refractivity (Wildman–Crippen MR) is 98.4 cm³/mol. The molecule has 2 aromatic carbocycles. The molecule has 26 heavy (non-hydrogen) atoms. The number of amides is 1. The van der Waals surface area contributed by atoms with Crippen LogP contribution in [0.2, 0.25) is 0 Å². The summed E-state index contributed by atoms with van der Waals surface area (Å²) in [5.74, 6) is -0.732. The number of hydrazone groups is 1. The Morgan fingerprint density at radius 2 is 1.88 bits per heavy atom. The van der Waals surface area contributed by atoms with Gasteiger partial charge in [-0.1, -0.05) is 30.3 Å². The fourth-order valence-electron chi connectivity index (χ4n) is 1.99. The van der Waals surface area contributed by atoms with E-state index < -0.39 is 10.9 Å². The first kappa shape index (κ1) is 19.1. The molecule has 2 N–H and O–H groups in total. The zero-order chi connectivity index (χ0) is 18.9. The Hall–Kier alpha value is -3.20. The molecule has 0 aliphatic rings. The van der Waals surface area contributed by atoms with Crippen LogP contribution in [0.3, 0.4) is 0 Å². The van der Waals surface area contributed by atoms with Crippen LogP contribution in [-0.2, 0) is 10.5 Å². The molecule has 0 radical (unpaired) electrons. The number of nitro benzene ring substituents is 1. The Morgan fingerprint density at radius 3 is 2.54 bits per heavy atom. The first-order chi connectivity index (χ1) is 12.5. The molecule has 0 bridgehead atoms. The van der Waals surface area contributed by atoms with Crippen molar-refractivity contribution in [3.05, 3.63) is 75.3 Å². The number of hydrogen-bond acceptors (Lipinski definition) is 6. The van der Waals surface area contributed by atoms with Gasteiger partial charge in [0.1, 0.15) is 0 Å².